The molecule has 1 saturated carbocycles. The van der Waals surface area contributed by atoms with Gasteiger partial charge in [-0.15, -0.1) is 11.3 Å². The van der Waals surface area contributed by atoms with Crippen LogP contribution >= 0.6 is 11.3 Å². The molecule has 1 fully saturated rings. The average molecular weight is 316 g/mol. The first-order valence-electron chi connectivity index (χ1n) is 7.39. The van der Waals surface area contributed by atoms with Gasteiger partial charge in [-0.2, -0.15) is 0 Å². The van der Waals surface area contributed by atoms with Gasteiger partial charge in [0.15, 0.2) is 0 Å². The summed E-state index contributed by atoms with van der Waals surface area (Å²) in [4.78, 5) is 1.08. The molecule has 0 spiro atoms. The molecule has 1 atom stereocenters. The Morgan fingerprint density at radius 2 is 2.10 bits per heavy atom. The van der Waals surface area contributed by atoms with E-state index in [1.807, 2.05) is 13.0 Å². The molecule has 1 unspecified atom stereocenters. The zero-order valence-corrected chi connectivity index (χ0v) is 13.8. The lowest BCUT2D eigenvalue weighted by atomic mass is 10.1. The van der Waals surface area contributed by atoms with Crippen LogP contribution in [0.15, 0.2) is 16.3 Å². The summed E-state index contributed by atoms with van der Waals surface area (Å²) in [6, 6.07) is 4.31. The van der Waals surface area contributed by atoms with Crippen molar-refractivity contribution in [2.75, 3.05) is 0 Å². The normalized spacial score (nSPS) is 17.3. The van der Waals surface area contributed by atoms with E-state index in [9.17, 15) is 8.42 Å². The van der Waals surface area contributed by atoms with E-state index in [2.05, 4.69) is 17.0 Å². The summed E-state index contributed by atoms with van der Waals surface area (Å²) in [5.41, 5.74) is 0. The molecule has 114 valence electrons. The molecule has 1 heterocycles. The minimum atomic E-state index is -3.36. The molecule has 2 rings (SSSR count). The van der Waals surface area contributed by atoms with Crippen molar-refractivity contribution < 1.29 is 8.42 Å². The monoisotopic (exact) mass is 316 g/mol. The van der Waals surface area contributed by atoms with E-state index in [1.165, 1.54) is 24.2 Å². The Hall–Kier alpha value is -0.430. The molecule has 20 heavy (non-hydrogen) atoms. The minimum absolute atomic E-state index is 0.0418. The van der Waals surface area contributed by atoms with Crippen molar-refractivity contribution in [1.29, 1.82) is 0 Å². The second-order valence-electron chi connectivity index (χ2n) is 5.39. The predicted octanol–water partition coefficient (Wildman–Crippen LogP) is 2.86. The number of sulfonamides is 1. The topological polar surface area (TPSA) is 58.2 Å². The van der Waals surface area contributed by atoms with Crippen molar-refractivity contribution in [3.8, 4) is 0 Å². The third-order valence-corrected chi connectivity index (χ3v) is 6.59. The predicted molar refractivity (Wildman–Crippen MR) is 83.5 cm³/mol. The highest BCUT2D eigenvalue weighted by molar-refractivity contribution is 7.91. The molecule has 6 heteroatoms. The first-order chi connectivity index (χ1) is 9.55. The van der Waals surface area contributed by atoms with Crippen LogP contribution in [0.5, 0.6) is 0 Å². The zero-order valence-electron chi connectivity index (χ0n) is 12.2. The average Bonchev–Trinajstić information content (AvgIpc) is 3.11. The van der Waals surface area contributed by atoms with E-state index in [4.69, 9.17) is 0 Å². The molecule has 0 aromatic carbocycles. The van der Waals surface area contributed by atoms with Gasteiger partial charge in [0, 0.05) is 23.5 Å². The van der Waals surface area contributed by atoms with Gasteiger partial charge in [0.05, 0.1) is 0 Å². The first-order valence-corrected chi connectivity index (χ1v) is 9.69. The van der Waals surface area contributed by atoms with Gasteiger partial charge in [-0.3, -0.25) is 0 Å². The van der Waals surface area contributed by atoms with Crippen LogP contribution in [0.25, 0.3) is 0 Å². The molecule has 0 aliphatic heterocycles. The Labute approximate surface area is 126 Å². The summed E-state index contributed by atoms with van der Waals surface area (Å²) in [6.45, 7) is 4.86. The zero-order chi connectivity index (χ0) is 14.6. The second-order valence-corrected chi connectivity index (χ2v) is 8.50. The van der Waals surface area contributed by atoms with Crippen LogP contribution in [-0.2, 0) is 16.6 Å². The second kappa shape index (κ2) is 7.02. The van der Waals surface area contributed by atoms with Gasteiger partial charge in [-0.05, 0) is 37.8 Å². The van der Waals surface area contributed by atoms with Gasteiger partial charge < -0.3 is 5.32 Å². The lowest BCUT2D eigenvalue weighted by molar-refractivity contribution is 0.513. The van der Waals surface area contributed by atoms with E-state index in [-0.39, 0.29) is 6.04 Å². The maximum absolute atomic E-state index is 12.3. The molecule has 1 aliphatic carbocycles. The van der Waals surface area contributed by atoms with Crippen molar-refractivity contribution in [3.63, 3.8) is 0 Å². The summed E-state index contributed by atoms with van der Waals surface area (Å²) in [6.07, 6.45) is 5.19. The van der Waals surface area contributed by atoms with Crippen LogP contribution in [0.1, 0.15) is 50.8 Å². The molecular weight excluding hydrogens is 292 g/mol. The summed E-state index contributed by atoms with van der Waals surface area (Å²) >= 11 is 1.37. The Balaban J connectivity index is 1.96. The molecule has 1 aromatic heterocycles. The van der Waals surface area contributed by atoms with Crippen LogP contribution in [-0.4, -0.2) is 20.5 Å². The molecule has 0 saturated heterocycles. The highest BCUT2D eigenvalue weighted by Gasteiger charge is 2.22. The van der Waals surface area contributed by atoms with Crippen LogP contribution in [0.2, 0.25) is 0 Å². The van der Waals surface area contributed by atoms with Crippen molar-refractivity contribution in [1.82, 2.24) is 10.0 Å². The first kappa shape index (κ1) is 15.9. The van der Waals surface area contributed by atoms with E-state index >= 15 is 0 Å². The fourth-order valence-corrected chi connectivity index (χ4v) is 4.78. The van der Waals surface area contributed by atoms with Gasteiger partial charge in [-0.25, -0.2) is 13.1 Å². The standard InChI is InChI=1S/C14H24N2O2S2/c1-3-5-11(4-2)16-20(17,18)14-9-8-13(19-14)10-15-12-6-7-12/h8-9,11-12,15-16H,3-7,10H2,1-2H3. The third kappa shape index (κ3) is 4.55. The fraction of sp³-hybridized carbons (Fsp3) is 0.714. The summed E-state index contributed by atoms with van der Waals surface area (Å²) < 4.78 is 27.9. The molecule has 0 radical (unpaired) electrons. The smallest absolute Gasteiger partial charge is 0.250 e. The lowest BCUT2D eigenvalue weighted by Crippen LogP contribution is -2.33. The molecular formula is C14H24N2O2S2. The molecule has 0 amide bonds. The Morgan fingerprint density at radius 3 is 2.70 bits per heavy atom. The van der Waals surface area contributed by atoms with Crippen LogP contribution in [0, 0.1) is 0 Å². The van der Waals surface area contributed by atoms with Crippen molar-refractivity contribution in [2.24, 2.45) is 0 Å². The van der Waals surface area contributed by atoms with Crippen LogP contribution in [0.4, 0.5) is 0 Å². The van der Waals surface area contributed by atoms with Gasteiger partial charge in [0.1, 0.15) is 4.21 Å². The van der Waals surface area contributed by atoms with E-state index in [0.29, 0.717) is 10.3 Å². The third-order valence-electron chi connectivity index (χ3n) is 3.50. The Morgan fingerprint density at radius 1 is 1.35 bits per heavy atom. The summed E-state index contributed by atoms with van der Waals surface area (Å²) in [5.74, 6) is 0. The minimum Gasteiger partial charge on any atom is -0.309 e. The molecule has 1 aliphatic rings. The summed E-state index contributed by atoms with van der Waals surface area (Å²) in [5, 5.41) is 3.41. The number of rotatable bonds is 9. The Bertz CT molecular complexity index is 521. The van der Waals surface area contributed by atoms with E-state index in [1.54, 1.807) is 6.07 Å². The van der Waals surface area contributed by atoms with Crippen LogP contribution in [0.3, 0.4) is 0 Å². The SMILES string of the molecule is CCCC(CC)NS(=O)(=O)c1ccc(CNC2CC2)s1. The lowest BCUT2D eigenvalue weighted by Gasteiger charge is -2.15. The van der Waals surface area contributed by atoms with E-state index in [0.717, 1.165) is 30.7 Å². The quantitative estimate of drug-likeness (QED) is 0.736. The number of thiophene rings is 1. The molecule has 2 N–H and O–H groups in total. The number of nitrogens with one attached hydrogen (secondary N) is 2. The van der Waals surface area contributed by atoms with Gasteiger partial charge >= 0.3 is 0 Å². The summed E-state index contributed by atoms with van der Waals surface area (Å²) in [7, 11) is -3.36. The fourth-order valence-electron chi connectivity index (χ4n) is 2.10. The maximum atomic E-state index is 12.3. The number of hydrogen-bond donors (Lipinski definition) is 2. The van der Waals surface area contributed by atoms with Crippen molar-refractivity contribution in [2.45, 2.75) is 68.8 Å². The molecule has 1 aromatic rings. The van der Waals surface area contributed by atoms with Crippen LogP contribution < -0.4 is 10.0 Å². The Kier molecular flexibility index (Phi) is 5.60. The van der Waals surface area contributed by atoms with Gasteiger partial charge in [-0.1, -0.05) is 20.3 Å². The molecule has 0 bridgehead atoms. The maximum Gasteiger partial charge on any atom is 0.250 e. The highest BCUT2D eigenvalue weighted by atomic mass is 32.2. The van der Waals surface area contributed by atoms with Gasteiger partial charge in [0.25, 0.3) is 0 Å². The molecule has 4 nitrogen and oxygen atoms in total. The largest absolute Gasteiger partial charge is 0.309 e. The van der Waals surface area contributed by atoms with E-state index < -0.39 is 10.0 Å². The van der Waals surface area contributed by atoms with Gasteiger partial charge in [0.2, 0.25) is 10.0 Å². The van der Waals surface area contributed by atoms with Crippen molar-refractivity contribution in [3.05, 3.63) is 17.0 Å². The number of hydrogen-bond acceptors (Lipinski definition) is 4. The van der Waals surface area contributed by atoms with Crippen molar-refractivity contribution >= 4 is 21.4 Å². The highest BCUT2D eigenvalue weighted by Crippen LogP contribution is 2.24.